The van der Waals surface area contributed by atoms with Crippen molar-refractivity contribution in [1.82, 2.24) is 0 Å². The molecule has 5 heteroatoms. The lowest BCUT2D eigenvalue weighted by Crippen LogP contribution is -2.02. The fourth-order valence-electron chi connectivity index (χ4n) is 1.53. The summed E-state index contributed by atoms with van der Waals surface area (Å²) in [5.74, 6) is -0.661. The Morgan fingerprint density at radius 3 is 2.53 bits per heavy atom. The van der Waals surface area contributed by atoms with Crippen molar-refractivity contribution in [1.29, 1.82) is 0 Å². The Morgan fingerprint density at radius 1 is 1.21 bits per heavy atom. The lowest BCUT2D eigenvalue weighted by Gasteiger charge is -2.09. The molecule has 0 saturated carbocycles. The first-order valence-electron chi connectivity index (χ1n) is 5.56. The average molecular weight is 278 g/mol. The van der Waals surface area contributed by atoms with Crippen molar-refractivity contribution < 1.29 is 14.6 Å². The van der Waals surface area contributed by atoms with Gasteiger partial charge < -0.3 is 15.6 Å². The fraction of sp³-hybridized carbons (Fsp3) is 0.0714. The molecule has 0 spiro atoms. The Labute approximate surface area is 115 Å². The number of anilines is 1. The Balaban J connectivity index is 2.12. The van der Waals surface area contributed by atoms with Crippen molar-refractivity contribution in [2.24, 2.45) is 0 Å². The van der Waals surface area contributed by atoms with Gasteiger partial charge in [0.05, 0.1) is 11.3 Å². The lowest BCUT2D eigenvalue weighted by molar-refractivity contribution is 0.0696. The minimum atomic E-state index is -1.02. The largest absolute Gasteiger partial charge is 0.487 e. The van der Waals surface area contributed by atoms with E-state index in [0.29, 0.717) is 23.1 Å². The molecule has 4 nitrogen and oxygen atoms in total. The monoisotopic (exact) mass is 277 g/mol. The molecule has 0 amide bonds. The molecule has 0 unspecified atom stereocenters. The highest BCUT2D eigenvalue weighted by atomic mass is 35.5. The molecule has 0 saturated heterocycles. The molecule has 0 radical (unpaired) electrons. The van der Waals surface area contributed by atoms with Crippen molar-refractivity contribution >= 4 is 23.3 Å². The highest BCUT2D eigenvalue weighted by Crippen LogP contribution is 2.24. The van der Waals surface area contributed by atoms with Crippen molar-refractivity contribution in [3.63, 3.8) is 0 Å². The van der Waals surface area contributed by atoms with Crippen LogP contribution in [0, 0.1) is 0 Å². The second-order valence-electron chi connectivity index (χ2n) is 3.97. The molecule has 0 bridgehead atoms. The highest BCUT2D eigenvalue weighted by Gasteiger charge is 2.07. The molecule has 2 aromatic carbocycles. The van der Waals surface area contributed by atoms with Crippen LogP contribution in [0.3, 0.4) is 0 Å². The summed E-state index contributed by atoms with van der Waals surface area (Å²) in [6.45, 7) is 0.296. The van der Waals surface area contributed by atoms with Gasteiger partial charge in [-0.15, -0.1) is 0 Å². The molecule has 2 rings (SSSR count). The van der Waals surface area contributed by atoms with Gasteiger partial charge in [0.25, 0.3) is 0 Å². The maximum Gasteiger partial charge on any atom is 0.335 e. The molecule has 0 fully saturated rings. The number of carboxylic acid groups (broad SMARTS) is 1. The SMILES string of the molecule is Nc1ccc(C(=O)O)cc1OCc1ccc(Cl)cc1. The zero-order chi connectivity index (χ0) is 13.8. The fourth-order valence-corrected chi connectivity index (χ4v) is 1.66. The third kappa shape index (κ3) is 3.39. The maximum atomic E-state index is 10.9. The summed E-state index contributed by atoms with van der Waals surface area (Å²) in [7, 11) is 0. The second kappa shape index (κ2) is 5.63. The third-order valence-corrected chi connectivity index (χ3v) is 2.82. The Morgan fingerprint density at radius 2 is 1.89 bits per heavy atom. The molecule has 19 heavy (non-hydrogen) atoms. The molecule has 0 atom stereocenters. The van der Waals surface area contributed by atoms with E-state index in [2.05, 4.69) is 0 Å². The van der Waals surface area contributed by atoms with Crippen LogP contribution in [0.5, 0.6) is 5.75 Å². The number of nitrogen functional groups attached to an aromatic ring is 1. The first kappa shape index (κ1) is 13.2. The van der Waals surface area contributed by atoms with E-state index in [1.54, 1.807) is 12.1 Å². The van der Waals surface area contributed by atoms with Crippen molar-refractivity contribution in [3.8, 4) is 5.75 Å². The van der Waals surface area contributed by atoms with Gasteiger partial charge >= 0.3 is 5.97 Å². The van der Waals surface area contributed by atoms with E-state index in [0.717, 1.165) is 5.56 Å². The van der Waals surface area contributed by atoms with Gasteiger partial charge in [-0.25, -0.2) is 4.79 Å². The minimum absolute atomic E-state index is 0.139. The van der Waals surface area contributed by atoms with Gasteiger partial charge in [-0.3, -0.25) is 0 Å². The predicted octanol–water partition coefficient (Wildman–Crippen LogP) is 3.20. The number of carboxylic acids is 1. The van der Waals surface area contributed by atoms with Gasteiger partial charge in [0.2, 0.25) is 0 Å². The zero-order valence-electron chi connectivity index (χ0n) is 9.97. The number of hydrogen-bond acceptors (Lipinski definition) is 3. The topological polar surface area (TPSA) is 72.6 Å². The van der Waals surface area contributed by atoms with Gasteiger partial charge in [0.1, 0.15) is 12.4 Å². The van der Waals surface area contributed by atoms with E-state index in [-0.39, 0.29) is 5.56 Å². The Bertz CT molecular complexity index is 596. The number of halogens is 1. The summed E-state index contributed by atoms with van der Waals surface area (Å²) >= 11 is 5.78. The molecular weight excluding hydrogens is 266 g/mol. The van der Waals surface area contributed by atoms with Gasteiger partial charge in [0, 0.05) is 5.02 Å². The van der Waals surface area contributed by atoms with Crippen LogP contribution in [0.4, 0.5) is 5.69 Å². The molecular formula is C14H12ClNO3. The smallest absolute Gasteiger partial charge is 0.335 e. The van der Waals surface area contributed by atoms with E-state index < -0.39 is 5.97 Å². The molecule has 2 aromatic rings. The van der Waals surface area contributed by atoms with Crippen molar-refractivity contribution in [2.45, 2.75) is 6.61 Å². The molecule has 0 aliphatic rings. The molecule has 0 aromatic heterocycles. The van der Waals surface area contributed by atoms with Crippen LogP contribution in [-0.4, -0.2) is 11.1 Å². The summed E-state index contributed by atoms with van der Waals surface area (Å²) in [5, 5.41) is 9.55. The number of aromatic carboxylic acids is 1. The van der Waals surface area contributed by atoms with E-state index in [1.165, 1.54) is 18.2 Å². The summed E-state index contributed by atoms with van der Waals surface area (Å²) in [4.78, 5) is 10.9. The quantitative estimate of drug-likeness (QED) is 0.842. The Hall–Kier alpha value is -2.20. The number of ether oxygens (including phenoxy) is 1. The number of hydrogen-bond donors (Lipinski definition) is 2. The summed E-state index contributed by atoms with van der Waals surface area (Å²) in [5.41, 5.74) is 7.20. The van der Waals surface area contributed by atoms with Crippen LogP contribution >= 0.6 is 11.6 Å². The van der Waals surface area contributed by atoms with Crippen LogP contribution in [0.1, 0.15) is 15.9 Å². The van der Waals surface area contributed by atoms with Crippen LogP contribution in [-0.2, 0) is 6.61 Å². The van der Waals surface area contributed by atoms with E-state index in [9.17, 15) is 4.79 Å². The van der Waals surface area contributed by atoms with Gasteiger partial charge in [-0.05, 0) is 35.9 Å². The molecule has 0 aliphatic heterocycles. The van der Waals surface area contributed by atoms with Crippen LogP contribution in [0.2, 0.25) is 5.02 Å². The molecule has 0 heterocycles. The average Bonchev–Trinajstić information content (AvgIpc) is 2.39. The standard InChI is InChI=1S/C14H12ClNO3/c15-11-4-1-9(2-5-11)8-19-13-7-10(14(17)18)3-6-12(13)16/h1-7H,8,16H2,(H,17,18). The molecule has 98 valence electrons. The van der Waals surface area contributed by atoms with Crippen molar-refractivity contribution in [3.05, 3.63) is 58.6 Å². The number of nitrogens with two attached hydrogens (primary N) is 1. The summed E-state index contributed by atoms with van der Waals surface area (Å²) in [6.07, 6.45) is 0. The third-order valence-electron chi connectivity index (χ3n) is 2.57. The summed E-state index contributed by atoms with van der Waals surface area (Å²) < 4.78 is 5.52. The van der Waals surface area contributed by atoms with Gasteiger partial charge in [-0.1, -0.05) is 23.7 Å². The van der Waals surface area contributed by atoms with Crippen LogP contribution in [0.15, 0.2) is 42.5 Å². The maximum absolute atomic E-state index is 10.9. The Kier molecular flexibility index (Phi) is 3.92. The second-order valence-corrected chi connectivity index (χ2v) is 4.41. The first-order valence-corrected chi connectivity index (χ1v) is 5.94. The van der Waals surface area contributed by atoms with Gasteiger partial charge in [-0.2, -0.15) is 0 Å². The lowest BCUT2D eigenvalue weighted by atomic mass is 10.2. The minimum Gasteiger partial charge on any atom is -0.487 e. The van der Waals surface area contributed by atoms with Crippen LogP contribution in [0.25, 0.3) is 0 Å². The number of carbonyl (C=O) groups is 1. The van der Waals surface area contributed by atoms with E-state index in [1.807, 2.05) is 12.1 Å². The first-order chi connectivity index (χ1) is 9.06. The number of rotatable bonds is 4. The van der Waals surface area contributed by atoms with Gasteiger partial charge in [0.15, 0.2) is 0 Å². The number of benzene rings is 2. The van der Waals surface area contributed by atoms with Crippen LogP contribution < -0.4 is 10.5 Å². The normalized spacial score (nSPS) is 10.2. The van der Waals surface area contributed by atoms with E-state index >= 15 is 0 Å². The highest BCUT2D eigenvalue weighted by molar-refractivity contribution is 6.30. The van der Waals surface area contributed by atoms with Crippen molar-refractivity contribution in [2.75, 3.05) is 5.73 Å². The van der Waals surface area contributed by atoms with E-state index in [4.69, 9.17) is 27.2 Å². The predicted molar refractivity (Wildman–Crippen MR) is 73.6 cm³/mol. The molecule has 0 aliphatic carbocycles. The zero-order valence-corrected chi connectivity index (χ0v) is 10.7. The summed E-state index contributed by atoms with van der Waals surface area (Å²) in [6, 6.07) is 11.6. The molecule has 3 N–H and O–H groups in total.